The fraction of sp³-hybridized carbons (Fsp3) is 0.500. The van der Waals surface area contributed by atoms with E-state index in [1.165, 1.54) is 6.07 Å². The molecular formula is C16H19F2N3OS. The number of thiazole rings is 1. The zero-order valence-electron chi connectivity index (χ0n) is 13.2. The Kier molecular flexibility index (Phi) is 4.59. The molecule has 1 heterocycles. The molecule has 23 heavy (non-hydrogen) atoms. The van der Waals surface area contributed by atoms with Gasteiger partial charge in [-0.15, -0.1) is 0 Å². The van der Waals surface area contributed by atoms with Crippen LogP contribution in [0.4, 0.5) is 13.9 Å². The lowest BCUT2D eigenvalue weighted by Crippen LogP contribution is -2.42. The van der Waals surface area contributed by atoms with Crippen molar-refractivity contribution in [3.05, 3.63) is 23.8 Å². The highest BCUT2D eigenvalue weighted by atomic mass is 32.1. The number of carbonyl (C=O) groups is 1. The number of amides is 1. The van der Waals surface area contributed by atoms with Gasteiger partial charge in [0, 0.05) is 25.1 Å². The molecule has 4 nitrogen and oxygen atoms in total. The predicted molar refractivity (Wildman–Crippen MR) is 87.8 cm³/mol. The van der Waals surface area contributed by atoms with Crippen LogP contribution in [0.25, 0.3) is 10.2 Å². The van der Waals surface area contributed by atoms with E-state index in [2.05, 4.69) is 4.98 Å². The monoisotopic (exact) mass is 339 g/mol. The van der Waals surface area contributed by atoms with Gasteiger partial charge in [0.15, 0.2) is 10.9 Å². The molecule has 1 amide bonds. The first-order valence-corrected chi connectivity index (χ1v) is 8.49. The second-order valence-electron chi connectivity index (χ2n) is 6.15. The van der Waals surface area contributed by atoms with Crippen molar-refractivity contribution in [3.63, 3.8) is 0 Å². The van der Waals surface area contributed by atoms with Gasteiger partial charge in [0.2, 0.25) is 5.91 Å². The third-order valence-corrected chi connectivity index (χ3v) is 5.15. The summed E-state index contributed by atoms with van der Waals surface area (Å²) in [6.07, 6.45) is 2.86. The highest BCUT2D eigenvalue weighted by Crippen LogP contribution is 2.34. The molecule has 0 spiro atoms. The molecule has 1 aromatic heterocycles. The van der Waals surface area contributed by atoms with Gasteiger partial charge >= 0.3 is 0 Å². The number of nitrogens with zero attached hydrogens (tertiary/aromatic N) is 3. The lowest BCUT2D eigenvalue weighted by molar-refractivity contribution is -0.124. The van der Waals surface area contributed by atoms with Crippen LogP contribution in [-0.2, 0) is 4.79 Å². The van der Waals surface area contributed by atoms with Crippen LogP contribution in [-0.4, -0.2) is 43.0 Å². The van der Waals surface area contributed by atoms with Crippen molar-refractivity contribution >= 4 is 32.6 Å². The van der Waals surface area contributed by atoms with E-state index in [0.717, 1.165) is 36.7 Å². The Bertz CT molecular complexity index is 727. The normalized spacial score (nSPS) is 15.2. The largest absolute Gasteiger partial charge is 0.308 e. The van der Waals surface area contributed by atoms with Crippen molar-refractivity contribution in [2.45, 2.75) is 19.3 Å². The molecule has 1 aliphatic carbocycles. The third kappa shape index (κ3) is 3.35. The summed E-state index contributed by atoms with van der Waals surface area (Å²) in [5, 5.41) is 0.447. The summed E-state index contributed by atoms with van der Waals surface area (Å²) < 4.78 is 27.7. The van der Waals surface area contributed by atoms with Crippen molar-refractivity contribution in [2.24, 2.45) is 5.92 Å². The van der Waals surface area contributed by atoms with E-state index in [0.29, 0.717) is 22.9 Å². The molecule has 2 aromatic rings. The van der Waals surface area contributed by atoms with Gasteiger partial charge in [0.25, 0.3) is 0 Å². The van der Waals surface area contributed by atoms with E-state index in [1.54, 1.807) is 4.90 Å². The topological polar surface area (TPSA) is 36.4 Å². The highest BCUT2D eigenvalue weighted by Gasteiger charge is 2.31. The minimum atomic E-state index is -0.689. The van der Waals surface area contributed by atoms with Crippen LogP contribution >= 0.6 is 11.3 Å². The third-order valence-electron chi connectivity index (χ3n) is 4.12. The van der Waals surface area contributed by atoms with Crippen LogP contribution in [0, 0.1) is 17.6 Å². The Morgan fingerprint density at radius 2 is 2.04 bits per heavy atom. The number of rotatable bonds is 5. The van der Waals surface area contributed by atoms with E-state index in [-0.39, 0.29) is 17.3 Å². The number of aromatic nitrogens is 1. The molecule has 124 valence electrons. The second-order valence-corrected chi connectivity index (χ2v) is 7.16. The average molecular weight is 339 g/mol. The molecule has 1 aromatic carbocycles. The summed E-state index contributed by atoms with van der Waals surface area (Å²) in [7, 11) is 3.86. The molecule has 3 rings (SSSR count). The number of likely N-dealkylation sites (N-methyl/N-ethyl adjacent to an activating group) is 1. The molecule has 0 bridgehead atoms. The number of anilines is 1. The summed E-state index contributed by atoms with van der Waals surface area (Å²) in [5.41, 5.74) is 0.127. The molecule has 1 saturated carbocycles. The maximum absolute atomic E-state index is 13.9. The highest BCUT2D eigenvalue weighted by molar-refractivity contribution is 7.22. The first kappa shape index (κ1) is 16.3. The number of fused-ring (bicyclic) bond motifs is 1. The lowest BCUT2D eigenvalue weighted by atomic mass is 9.84. The van der Waals surface area contributed by atoms with E-state index in [9.17, 15) is 13.6 Å². The van der Waals surface area contributed by atoms with E-state index >= 15 is 0 Å². The molecule has 0 N–H and O–H groups in total. The molecule has 0 saturated heterocycles. The van der Waals surface area contributed by atoms with E-state index < -0.39 is 11.6 Å². The predicted octanol–water partition coefficient (Wildman–Crippen LogP) is 3.27. The molecule has 1 fully saturated rings. The average Bonchev–Trinajstić information content (AvgIpc) is 2.80. The minimum Gasteiger partial charge on any atom is -0.308 e. The summed E-state index contributed by atoms with van der Waals surface area (Å²) in [5.74, 6) is -1.25. The molecule has 1 aliphatic rings. The van der Waals surface area contributed by atoms with Crippen molar-refractivity contribution in [1.82, 2.24) is 9.88 Å². The van der Waals surface area contributed by atoms with Crippen molar-refractivity contribution < 1.29 is 13.6 Å². The van der Waals surface area contributed by atoms with E-state index in [1.807, 2.05) is 19.0 Å². The molecule has 0 unspecified atom stereocenters. The summed E-state index contributed by atoms with van der Waals surface area (Å²) in [6.45, 7) is 1.18. The van der Waals surface area contributed by atoms with Gasteiger partial charge in [-0.1, -0.05) is 17.8 Å². The van der Waals surface area contributed by atoms with Gasteiger partial charge in [-0.25, -0.2) is 13.8 Å². The zero-order chi connectivity index (χ0) is 16.6. The SMILES string of the molecule is CN(C)CCN(C(=O)C1CCC1)c1nc2c(F)cc(F)cc2s1. The van der Waals surface area contributed by atoms with Gasteiger partial charge in [0.1, 0.15) is 11.3 Å². The van der Waals surface area contributed by atoms with Crippen molar-refractivity contribution in [2.75, 3.05) is 32.1 Å². The Morgan fingerprint density at radius 3 is 2.65 bits per heavy atom. The van der Waals surface area contributed by atoms with Crippen LogP contribution in [0.5, 0.6) is 0 Å². The van der Waals surface area contributed by atoms with Gasteiger partial charge in [0.05, 0.1) is 4.70 Å². The Hall–Kier alpha value is -1.60. The maximum Gasteiger partial charge on any atom is 0.231 e. The van der Waals surface area contributed by atoms with Crippen LogP contribution < -0.4 is 4.90 Å². The quantitative estimate of drug-likeness (QED) is 0.839. The van der Waals surface area contributed by atoms with Gasteiger partial charge in [-0.05, 0) is 33.0 Å². The number of hydrogen-bond acceptors (Lipinski definition) is 4. The lowest BCUT2D eigenvalue weighted by Gasteiger charge is -2.30. The summed E-state index contributed by atoms with van der Waals surface area (Å²) in [6, 6.07) is 2.08. The summed E-state index contributed by atoms with van der Waals surface area (Å²) >= 11 is 1.16. The van der Waals surface area contributed by atoms with E-state index in [4.69, 9.17) is 0 Å². The second kappa shape index (κ2) is 6.49. The maximum atomic E-state index is 13.9. The molecule has 7 heteroatoms. The zero-order valence-corrected chi connectivity index (χ0v) is 14.0. The van der Waals surface area contributed by atoms with Crippen LogP contribution in [0.15, 0.2) is 12.1 Å². The fourth-order valence-electron chi connectivity index (χ4n) is 2.54. The number of halogens is 2. The van der Waals surface area contributed by atoms with Gasteiger partial charge in [-0.2, -0.15) is 0 Å². The number of carbonyl (C=O) groups excluding carboxylic acids is 1. The Labute approximate surface area is 137 Å². The Morgan fingerprint density at radius 1 is 1.30 bits per heavy atom. The Balaban J connectivity index is 1.94. The first-order valence-electron chi connectivity index (χ1n) is 7.67. The van der Waals surface area contributed by atoms with Crippen molar-refractivity contribution in [1.29, 1.82) is 0 Å². The number of benzene rings is 1. The molecule has 0 aliphatic heterocycles. The molecular weight excluding hydrogens is 320 g/mol. The van der Waals surface area contributed by atoms with Gasteiger partial charge in [-0.3, -0.25) is 9.69 Å². The minimum absolute atomic E-state index is 0.0331. The van der Waals surface area contributed by atoms with Crippen LogP contribution in [0.2, 0.25) is 0 Å². The smallest absolute Gasteiger partial charge is 0.231 e. The standard InChI is InChI=1S/C16H19F2N3OS/c1-20(2)6-7-21(15(22)10-4-3-5-10)16-19-14-12(18)8-11(17)9-13(14)23-16/h8-10H,3-7H2,1-2H3. The van der Waals surface area contributed by atoms with Gasteiger partial charge < -0.3 is 4.90 Å². The van der Waals surface area contributed by atoms with Crippen molar-refractivity contribution in [3.8, 4) is 0 Å². The van der Waals surface area contributed by atoms with Crippen LogP contribution in [0.3, 0.4) is 0 Å². The van der Waals surface area contributed by atoms with Crippen LogP contribution in [0.1, 0.15) is 19.3 Å². The first-order chi connectivity index (χ1) is 11.0. The fourth-order valence-corrected chi connectivity index (χ4v) is 3.57. The summed E-state index contributed by atoms with van der Waals surface area (Å²) in [4.78, 5) is 20.5. The molecule has 0 radical (unpaired) electrons. The number of hydrogen-bond donors (Lipinski definition) is 0. The molecule has 0 atom stereocenters.